The number of aliphatic imine (C=N–C) groups is 1. The standard InChI is InChI=1S/2C17H13N4.Ru/c2*1-2-8-14(9-3-1)19-15-10-4-5-11-16(15)20-21-17-12-6-7-13-18-17;/h2*1-13H;/q2*-1;+2/b19-15?,20-16+;;. The van der Waals surface area contributed by atoms with Gasteiger partial charge in [-0.25, -0.2) is 9.98 Å². The van der Waals surface area contributed by atoms with Crippen molar-refractivity contribution in [2.24, 2.45) is 20.3 Å². The average Bonchev–Trinajstić information content (AvgIpc) is 3.06. The molecule has 1 aliphatic carbocycles. The number of hydrogen-bond donors (Lipinski definition) is 0. The molecule has 1 aliphatic rings. The second-order valence-electron chi connectivity index (χ2n) is 8.65. The second-order valence-corrected chi connectivity index (χ2v) is 8.65. The van der Waals surface area contributed by atoms with Gasteiger partial charge in [-0.15, -0.1) is 16.5 Å². The van der Waals surface area contributed by atoms with E-state index in [1.165, 1.54) is 0 Å². The Morgan fingerprint density at radius 1 is 0.558 bits per heavy atom. The third kappa shape index (κ3) is 9.88. The topological polar surface area (TPSA) is 103 Å². The molecule has 0 aliphatic heterocycles. The van der Waals surface area contributed by atoms with E-state index in [1.54, 1.807) is 24.5 Å². The molecule has 0 saturated heterocycles. The molecule has 0 amide bonds. The summed E-state index contributed by atoms with van der Waals surface area (Å²) < 4.78 is 0. The van der Waals surface area contributed by atoms with Crippen molar-refractivity contribution < 1.29 is 19.5 Å². The number of hydrogen-bond acceptors (Lipinski definition) is 6. The zero-order valence-corrected chi connectivity index (χ0v) is 24.7. The van der Waals surface area contributed by atoms with Crippen LogP contribution in [0.25, 0.3) is 10.7 Å². The second kappa shape index (κ2) is 16.8. The van der Waals surface area contributed by atoms with Crippen LogP contribution in [0, 0.1) is 0 Å². The molecule has 0 atom stereocenters. The first-order chi connectivity index (χ1) is 20.8. The molecule has 43 heavy (non-hydrogen) atoms. The summed E-state index contributed by atoms with van der Waals surface area (Å²) >= 11 is 0. The number of aromatic nitrogens is 2. The smallest absolute Gasteiger partial charge is 0.656 e. The Hall–Kier alpha value is -5.40. The molecule has 0 radical (unpaired) electrons. The molecule has 0 saturated carbocycles. The van der Waals surface area contributed by atoms with Crippen molar-refractivity contribution >= 4 is 45.8 Å². The normalized spacial score (nSPS) is 13.7. The molecule has 9 heteroatoms. The molecular formula is C34H26N8Ru. The Kier molecular flexibility index (Phi) is 11.9. The fraction of sp³-hybridized carbons (Fsp3) is 0. The summed E-state index contributed by atoms with van der Waals surface area (Å²) in [5.74, 6) is 1.15. The molecule has 2 aromatic heterocycles. The fourth-order valence-corrected chi connectivity index (χ4v) is 3.61. The number of allylic oxidation sites excluding steroid dienone is 4. The van der Waals surface area contributed by atoms with E-state index in [0.717, 1.165) is 22.8 Å². The minimum atomic E-state index is 0. The Morgan fingerprint density at radius 3 is 1.93 bits per heavy atom. The van der Waals surface area contributed by atoms with Gasteiger partial charge in [0.25, 0.3) is 0 Å². The molecule has 0 spiro atoms. The fourth-order valence-electron chi connectivity index (χ4n) is 3.61. The van der Waals surface area contributed by atoms with Crippen LogP contribution in [0.4, 0.5) is 34.4 Å². The molecule has 0 bridgehead atoms. The van der Waals surface area contributed by atoms with Gasteiger partial charge in [-0.1, -0.05) is 109 Å². The number of pyridine rings is 2. The number of rotatable bonds is 7. The van der Waals surface area contributed by atoms with Crippen molar-refractivity contribution in [2.75, 3.05) is 0 Å². The number of azo groups is 1. The first kappa shape index (κ1) is 30.6. The minimum absolute atomic E-state index is 0. The summed E-state index contributed by atoms with van der Waals surface area (Å²) in [7, 11) is 0. The molecule has 3 aromatic carbocycles. The Bertz CT molecular complexity index is 1700. The maximum atomic E-state index is 4.58. The summed E-state index contributed by atoms with van der Waals surface area (Å²) in [6.45, 7) is 0. The largest absolute Gasteiger partial charge is 2.00 e. The predicted molar refractivity (Wildman–Crippen MR) is 170 cm³/mol. The van der Waals surface area contributed by atoms with Gasteiger partial charge in [0.2, 0.25) is 0 Å². The zero-order chi connectivity index (χ0) is 28.7. The minimum Gasteiger partial charge on any atom is -0.656 e. The molecule has 6 rings (SSSR count). The monoisotopic (exact) mass is 648 g/mol. The maximum absolute atomic E-state index is 4.58. The molecule has 0 N–H and O–H groups in total. The van der Waals surface area contributed by atoms with Gasteiger partial charge in [0.1, 0.15) is 0 Å². The predicted octanol–water partition coefficient (Wildman–Crippen LogP) is 10.2. The van der Waals surface area contributed by atoms with Gasteiger partial charge in [-0.05, 0) is 48.3 Å². The molecule has 210 valence electrons. The summed E-state index contributed by atoms with van der Waals surface area (Å²) in [4.78, 5) is 12.8. The van der Waals surface area contributed by atoms with Crippen LogP contribution in [-0.2, 0) is 19.5 Å². The first-order valence-corrected chi connectivity index (χ1v) is 13.2. The van der Waals surface area contributed by atoms with Crippen molar-refractivity contribution in [3.63, 3.8) is 0 Å². The van der Waals surface area contributed by atoms with Crippen LogP contribution < -0.4 is 0 Å². The van der Waals surface area contributed by atoms with E-state index in [4.69, 9.17) is 0 Å². The number of benzene rings is 3. The van der Waals surface area contributed by atoms with Gasteiger partial charge in [0, 0.05) is 6.20 Å². The Labute approximate surface area is 263 Å². The van der Waals surface area contributed by atoms with Crippen LogP contribution in [0.2, 0.25) is 0 Å². The maximum Gasteiger partial charge on any atom is 2.00 e. The van der Waals surface area contributed by atoms with Gasteiger partial charge < -0.3 is 15.7 Å². The van der Waals surface area contributed by atoms with E-state index in [1.807, 2.05) is 133 Å². The Morgan fingerprint density at radius 2 is 1.21 bits per heavy atom. The van der Waals surface area contributed by atoms with Crippen molar-refractivity contribution in [1.82, 2.24) is 9.97 Å². The van der Waals surface area contributed by atoms with Gasteiger partial charge in [-0.2, -0.15) is 5.11 Å². The summed E-state index contributed by atoms with van der Waals surface area (Å²) in [5.41, 5.74) is 8.90. The van der Waals surface area contributed by atoms with Crippen molar-refractivity contribution in [1.29, 1.82) is 0 Å². The van der Waals surface area contributed by atoms with E-state index in [-0.39, 0.29) is 19.5 Å². The van der Waals surface area contributed by atoms with E-state index in [2.05, 4.69) is 41.0 Å². The van der Waals surface area contributed by atoms with Crippen molar-refractivity contribution in [3.05, 3.63) is 169 Å². The van der Waals surface area contributed by atoms with Crippen LogP contribution >= 0.6 is 0 Å². The third-order valence-corrected chi connectivity index (χ3v) is 5.59. The van der Waals surface area contributed by atoms with Crippen LogP contribution in [0.3, 0.4) is 0 Å². The zero-order valence-electron chi connectivity index (χ0n) is 22.9. The quantitative estimate of drug-likeness (QED) is 0.0759. The summed E-state index contributed by atoms with van der Waals surface area (Å²) in [6, 6.07) is 38.3. The summed E-state index contributed by atoms with van der Waals surface area (Å²) in [5, 5.41) is 17.2. The number of para-hydroxylation sites is 3. The molecule has 0 unspecified atom stereocenters. The van der Waals surface area contributed by atoms with E-state index in [0.29, 0.717) is 23.0 Å². The van der Waals surface area contributed by atoms with Gasteiger partial charge in [0.05, 0.1) is 22.8 Å². The van der Waals surface area contributed by atoms with Crippen LogP contribution in [0.5, 0.6) is 0 Å². The van der Waals surface area contributed by atoms with Crippen molar-refractivity contribution in [3.8, 4) is 0 Å². The Balaban J connectivity index is 0.000000192. The van der Waals surface area contributed by atoms with Gasteiger partial charge in [-0.3, -0.25) is 5.10 Å². The molecule has 0 fully saturated rings. The van der Waals surface area contributed by atoms with Crippen LogP contribution in [0.1, 0.15) is 0 Å². The van der Waals surface area contributed by atoms with Gasteiger partial charge in [0.15, 0.2) is 5.82 Å². The van der Waals surface area contributed by atoms with E-state index < -0.39 is 0 Å². The SMILES string of the molecule is C1=CC(=Nc2ccccc2)/C(=N/[N-]c2ccccn2)C=C1.[Ru+2].c1ccc([N-]c2ccccc2N=Nc2ccccn2)cc1. The van der Waals surface area contributed by atoms with Crippen LogP contribution in [-0.4, -0.2) is 21.4 Å². The molecule has 2 heterocycles. The molecular weight excluding hydrogens is 621 g/mol. The summed E-state index contributed by atoms with van der Waals surface area (Å²) in [6.07, 6.45) is 11.0. The molecule has 8 nitrogen and oxygen atoms in total. The van der Waals surface area contributed by atoms with E-state index in [9.17, 15) is 0 Å². The van der Waals surface area contributed by atoms with Crippen molar-refractivity contribution in [2.45, 2.75) is 0 Å². The first-order valence-electron chi connectivity index (χ1n) is 13.2. The average molecular weight is 648 g/mol. The third-order valence-electron chi connectivity index (χ3n) is 5.59. The number of nitrogens with zero attached hydrogens (tertiary/aromatic N) is 8. The van der Waals surface area contributed by atoms with Crippen LogP contribution in [0.15, 0.2) is 178 Å². The molecule has 5 aromatic rings. The van der Waals surface area contributed by atoms with Gasteiger partial charge >= 0.3 is 19.5 Å². The van der Waals surface area contributed by atoms with E-state index >= 15 is 0 Å².